The number of aromatic nitrogens is 2. The SMILES string of the molecule is O=C(O)c1nc[nH]c1C(=O)Oc1ccccc1C(F)(F)F. The Morgan fingerprint density at radius 2 is 1.90 bits per heavy atom. The molecule has 0 aliphatic rings. The number of aromatic carboxylic acids is 1. The molecule has 1 aromatic carbocycles. The first-order chi connectivity index (χ1) is 9.80. The van der Waals surface area contributed by atoms with Gasteiger partial charge in [-0.2, -0.15) is 13.2 Å². The summed E-state index contributed by atoms with van der Waals surface area (Å²) in [4.78, 5) is 28.1. The fourth-order valence-corrected chi connectivity index (χ4v) is 1.55. The lowest BCUT2D eigenvalue weighted by Gasteiger charge is -2.12. The van der Waals surface area contributed by atoms with E-state index in [0.29, 0.717) is 0 Å². The van der Waals surface area contributed by atoms with Crippen molar-refractivity contribution in [3.05, 3.63) is 47.5 Å². The number of hydrogen-bond acceptors (Lipinski definition) is 4. The van der Waals surface area contributed by atoms with Crippen LogP contribution >= 0.6 is 0 Å². The van der Waals surface area contributed by atoms with Crippen LogP contribution < -0.4 is 4.74 Å². The molecule has 0 fully saturated rings. The zero-order valence-electron chi connectivity index (χ0n) is 10.1. The summed E-state index contributed by atoms with van der Waals surface area (Å²) >= 11 is 0. The van der Waals surface area contributed by atoms with Gasteiger partial charge in [0.1, 0.15) is 5.75 Å². The molecule has 2 N–H and O–H groups in total. The normalized spacial score (nSPS) is 11.2. The molecule has 0 aliphatic carbocycles. The second-order valence-electron chi connectivity index (χ2n) is 3.81. The molecule has 1 aromatic heterocycles. The lowest BCUT2D eigenvalue weighted by molar-refractivity contribution is -0.138. The molecule has 0 spiro atoms. The van der Waals surface area contributed by atoms with E-state index < -0.39 is 40.8 Å². The Labute approximate surface area is 115 Å². The van der Waals surface area contributed by atoms with E-state index >= 15 is 0 Å². The van der Waals surface area contributed by atoms with Crippen molar-refractivity contribution in [2.75, 3.05) is 0 Å². The molecule has 0 unspecified atom stereocenters. The van der Waals surface area contributed by atoms with Crippen molar-refractivity contribution in [2.45, 2.75) is 6.18 Å². The first-order valence-corrected chi connectivity index (χ1v) is 5.45. The quantitative estimate of drug-likeness (QED) is 0.670. The topological polar surface area (TPSA) is 92.3 Å². The Bertz CT molecular complexity index is 694. The van der Waals surface area contributed by atoms with Gasteiger partial charge < -0.3 is 14.8 Å². The van der Waals surface area contributed by atoms with Crippen LogP contribution in [0.5, 0.6) is 5.75 Å². The average Bonchev–Trinajstić information content (AvgIpc) is 2.87. The summed E-state index contributed by atoms with van der Waals surface area (Å²) < 4.78 is 42.8. The number of alkyl halides is 3. The number of carbonyl (C=O) groups is 2. The van der Waals surface area contributed by atoms with Crippen molar-refractivity contribution in [2.24, 2.45) is 0 Å². The summed E-state index contributed by atoms with van der Waals surface area (Å²) in [6.07, 6.45) is -3.78. The molecule has 1 heterocycles. The van der Waals surface area contributed by atoms with Crippen LogP contribution in [0.3, 0.4) is 0 Å². The van der Waals surface area contributed by atoms with Gasteiger partial charge in [0.2, 0.25) is 0 Å². The number of carboxylic acid groups (broad SMARTS) is 1. The van der Waals surface area contributed by atoms with Crippen LogP contribution in [0, 0.1) is 0 Å². The lowest BCUT2D eigenvalue weighted by atomic mass is 10.2. The van der Waals surface area contributed by atoms with Crippen molar-refractivity contribution >= 4 is 11.9 Å². The Morgan fingerprint density at radius 3 is 2.52 bits per heavy atom. The number of esters is 1. The van der Waals surface area contributed by atoms with Crippen LogP contribution in [-0.4, -0.2) is 27.0 Å². The first-order valence-electron chi connectivity index (χ1n) is 5.45. The number of nitrogens with one attached hydrogen (secondary N) is 1. The van der Waals surface area contributed by atoms with E-state index in [1.165, 1.54) is 6.07 Å². The van der Waals surface area contributed by atoms with E-state index in [4.69, 9.17) is 5.11 Å². The van der Waals surface area contributed by atoms with Gasteiger partial charge in [0.25, 0.3) is 0 Å². The number of nitrogens with zero attached hydrogens (tertiary/aromatic N) is 1. The molecule has 0 saturated heterocycles. The van der Waals surface area contributed by atoms with Crippen molar-refractivity contribution < 1.29 is 32.6 Å². The highest BCUT2D eigenvalue weighted by Gasteiger charge is 2.35. The van der Waals surface area contributed by atoms with Gasteiger partial charge in [-0.05, 0) is 12.1 Å². The molecule has 9 heteroatoms. The minimum absolute atomic E-state index is 0.542. The Hall–Kier alpha value is -2.84. The number of para-hydroxylation sites is 1. The maximum absolute atomic E-state index is 12.7. The molecule has 110 valence electrons. The van der Waals surface area contributed by atoms with Gasteiger partial charge in [0.15, 0.2) is 11.4 Å². The summed E-state index contributed by atoms with van der Waals surface area (Å²) in [5.74, 6) is -3.50. The predicted molar refractivity (Wildman–Crippen MR) is 61.9 cm³/mol. The molecule has 0 bridgehead atoms. The monoisotopic (exact) mass is 300 g/mol. The summed E-state index contributed by atoms with van der Waals surface area (Å²) in [6, 6.07) is 4.09. The molecular weight excluding hydrogens is 293 g/mol. The minimum atomic E-state index is -4.71. The van der Waals surface area contributed by atoms with Gasteiger partial charge >= 0.3 is 18.1 Å². The number of H-pyrrole nitrogens is 1. The summed E-state index contributed by atoms with van der Waals surface area (Å²) in [5.41, 5.74) is -2.32. The fraction of sp³-hybridized carbons (Fsp3) is 0.0833. The second kappa shape index (κ2) is 5.27. The largest absolute Gasteiger partial charge is 0.476 e. The maximum atomic E-state index is 12.7. The summed E-state index contributed by atoms with van der Waals surface area (Å²) in [6.45, 7) is 0. The molecule has 0 aliphatic heterocycles. The second-order valence-corrected chi connectivity index (χ2v) is 3.81. The van der Waals surface area contributed by atoms with Crippen molar-refractivity contribution in [3.8, 4) is 5.75 Å². The molecule has 0 amide bonds. The zero-order chi connectivity index (χ0) is 15.6. The summed E-state index contributed by atoms with van der Waals surface area (Å²) in [5, 5.41) is 8.78. The minimum Gasteiger partial charge on any atom is -0.476 e. The highest BCUT2D eigenvalue weighted by molar-refractivity contribution is 6.00. The molecule has 21 heavy (non-hydrogen) atoms. The standard InChI is InChI=1S/C12H7F3N2O4/c13-12(14,15)6-3-1-2-4-7(6)21-11(20)9-8(10(18)19)16-5-17-9/h1-5H,(H,16,17)(H,18,19). The number of benzene rings is 1. The van der Waals surface area contributed by atoms with Crippen LogP contribution in [0.15, 0.2) is 30.6 Å². The van der Waals surface area contributed by atoms with E-state index in [1.54, 1.807) is 0 Å². The van der Waals surface area contributed by atoms with E-state index in [9.17, 15) is 22.8 Å². The number of aromatic amines is 1. The summed E-state index contributed by atoms with van der Waals surface area (Å²) in [7, 11) is 0. The fourth-order valence-electron chi connectivity index (χ4n) is 1.55. The van der Waals surface area contributed by atoms with Gasteiger partial charge in [0.05, 0.1) is 11.9 Å². The zero-order valence-corrected chi connectivity index (χ0v) is 10.1. The number of imidazole rings is 1. The third kappa shape index (κ3) is 3.02. The number of rotatable bonds is 3. The van der Waals surface area contributed by atoms with Crippen molar-refractivity contribution in [1.82, 2.24) is 9.97 Å². The van der Waals surface area contributed by atoms with Crippen LogP contribution in [0.2, 0.25) is 0 Å². The number of halogens is 3. The van der Waals surface area contributed by atoms with E-state index in [1.807, 2.05) is 0 Å². The van der Waals surface area contributed by atoms with Gasteiger partial charge in [-0.15, -0.1) is 0 Å². The maximum Gasteiger partial charge on any atom is 0.419 e. The molecule has 0 radical (unpaired) electrons. The van der Waals surface area contributed by atoms with Gasteiger partial charge in [0, 0.05) is 0 Å². The smallest absolute Gasteiger partial charge is 0.419 e. The van der Waals surface area contributed by atoms with E-state index in [-0.39, 0.29) is 0 Å². The molecular formula is C12H7F3N2O4. The van der Waals surface area contributed by atoms with Crippen molar-refractivity contribution in [1.29, 1.82) is 0 Å². The van der Waals surface area contributed by atoms with Crippen LogP contribution in [-0.2, 0) is 6.18 Å². The molecule has 0 atom stereocenters. The number of hydrogen-bond donors (Lipinski definition) is 2. The van der Waals surface area contributed by atoms with Crippen LogP contribution in [0.25, 0.3) is 0 Å². The first kappa shape index (κ1) is 14.6. The third-order valence-electron chi connectivity index (χ3n) is 2.44. The lowest BCUT2D eigenvalue weighted by Crippen LogP contribution is -2.16. The highest BCUT2D eigenvalue weighted by atomic mass is 19.4. The number of ether oxygens (including phenoxy) is 1. The molecule has 0 saturated carbocycles. The number of carboxylic acids is 1. The predicted octanol–water partition coefficient (Wildman–Crippen LogP) is 2.35. The number of carbonyl (C=O) groups excluding carboxylic acids is 1. The van der Waals surface area contributed by atoms with Gasteiger partial charge in [-0.25, -0.2) is 14.6 Å². The van der Waals surface area contributed by atoms with Crippen LogP contribution in [0.4, 0.5) is 13.2 Å². The Morgan fingerprint density at radius 1 is 1.24 bits per heavy atom. The van der Waals surface area contributed by atoms with E-state index in [2.05, 4.69) is 14.7 Å². The van der Waals surface area contributed by atoms with Crippen LogP contribution in [0.1, 0.15) is 26.5 Å². The van der Waals surface area contributed by atoms with Gasteiger partial charge in [-0.1, -0.05) is 12.1 Å². The van der Waals surface area contributed by atoms with E-state index in [0.717, 1.165) is 24.5 Å². The molecule has 2 rings (SSSR count). The average molecular weight is 300 g/mol. The highest BCUT2D eigenvalue weighted by Crippen LogP contribution is 2.36. The molecule has 2 aromatic rings. The van der Waals surface area contributed by atoms with Gasteiger partial charge in [-0.3, -0.25) is 0 Å². The third-order valence-corrected chi connectivity index (χ3v) is 2.44. The Kier molecular flexibility index (Phi) is 3.66. The van der Waals surface area contributed by atoms with Crippen molar-refractivity contribution in [3.63, 3.8) is 0 Å². The Balaban J connectivity index is 2.33. The molecule has 6 nitrogen and oxygen atoms in total.